The van der Waals surface area contributed by atoms with E-state index in [0.717, 1.165) is 23.8 Å². The lowest BCUT2D eigenvalue weighted by atomic mass is 10.2. The van der Waals surface area contributed by atoms with E-state index < -0.39 is 0 Å². The molecule has 0 aliphatic carbocycles. The van der Waals surface area contributed by atoms with Gasteiger partial charge in [-0.05, 0) is 43.7 Å². The summed E-state index contributed by atoms with van der Waals surface area (Å²) in [6.07, 6.45) is 0. The molecule has 0 aliphatic heterocycles. The third-order valence-electron chi connectivity index (χ3n) is 3.95. The third kappa shape index (κ3) is 10.2. The van der Waals surface area contributed by atoms with Crippen LogP contribution in [-0.4, -0.2) is 36.9 Å². The van der Waals surface area contributed by atoms with E-state index in [1.807, 2.05) is 55.9 Å². The number of benzene rings is 2. The molecular weight excluding hydrogens is 509 g/mol. The molecule has 6 nitrogen and oxygen atoms in total. The van der Waals surface area contributed by atoms with Gasteiger partial charge in [-0.1, -0.05) is 37.3 Å². The number of hydrogen-bond acceptors (Lipinski definition) is 3. The molecule has 2 rings (SSSR count). The second-order valence-electron chi connectivity index (χ2n) is 7.00. The van der Waals surface area contributed by atoms with Crippen molar-refractivity contribution in [1.29, 1.82) is 0 Å². The summed E-state index contributed by atoms with van der Waals surface area (Å²) in [4.78, 5) is 17.3. The van der Waals surface area contributed by atoms with Crippen LogP contribution in [0.25, 0.3) is 0 Å². The maximum absolute atomic E-state index is 11.7. The second-order valence-corrected chi connectivity index (χ2v) is 8.51. The zero-order valence-electron chi connectivity index (χ0n) is 17.9. The molecule has 164 valence electrons. The van der Waals surface area contributed by atoms with Gasteiger partial charge in [0.2, 0.25) is 0 Å². The minimum atomic E-state index is -0.196. The first kappa shape index (κ1) is 26.1. The van der Waals surface area contributed by atoms with Crippen molar-refractivity contribution in [2.75, 3.05) is 18.9 Å². The highest BCUT2D eigenvalue weighted by molar-refractivity contribution is 14.0. The summed E-state index contributed by atoms with van der Waals surface area (Å²) in [7, 11) is 1.77. The number of urea groups is 1. The van der Waals surface area contributed by atoms with Crippen LogP contribution in [0.15, 0.2) is 64.5 Å². The van der Waals surface area contributed by atoms with Gasteiger partial charge in [0, 0.05) is 42.0 Å². The number of halogens is 1. The Hall–Kier alpha value is -1.94. The van der Waals surface area contributed by atoms with Crippen molar-refractivity contribution in [2.24, 2.45) is 4.99 Å². The van der Waals surface area contributed by atoms with Gasteiger partial charge in [-0.2, -0.15) is 0 Å². The standard InChI is InChI=1S/C22H31N5OS.HI/c1-16(2)26-22(28)27-19-12-10-18(11-13-19)15-25-21(23-4)24-14-17(3)29-20-8-6-5-7-9-20;/h5-13,16-17H,14-15H2,1-4H3,(H2,23,24,25)(H2,26,27,28);1H. The number of amides is 2. The number of guanidine groups is 1. The molecule has 8 heteroatoms. The number of thioether (sulfide) groups is 1. The zero-order valence-corrected chi connectivity index (χ0v) is 21.1. The van der Waals surface area contributed by atoms with Gasteiger partial charge in [-0.25, -0.2) is 4.79 Å². The number of carbonyl (C=O) groups is 1. The molecule has 2 aromatic carbocycles. The van der Waals surface area contributed by atoms with Crippen molar-refractivity contribution in [3.05, 3.63) is 60.2 Å². The summed E-state index contributed by atoms with van der Waals surface area (Å²) in [5, 5.41) is 12.7. The largest absolute Gasteiger partial charge is 0.355 e. The first-order valence-corrected chi connectivity index (χ1v) is 10.7. The van der Waals surface area contributed by atoms with E-state index >= 15 is 0 Å². The Morgan fingerprint density at radius 3 is 2.27 bits per heavy atom. The van der Waals surface area contributed by atoms with E-state index in [1.54, 1.807) is 7.05 Å². The van der Waals surface area contributed by atoms with E-state index in [9.17, 15) is 4.79 Å². The lowest BCUT2D eigenvalue weighted by Gasteiger charge is -2.16. The topological polar surface area (TPSA) is 77.5 Å². The summed E-state index contributed by atoms with van der Waals surface area (Å²) in [6, 6.07) is 18.1. The Kier molecular flexibility index (Phi) is 12.3. The number of carbonyl (C=O) groups excluding carboxylic acids is 1. The Balaban J connectivity index is 0.00000450. The normalized spacial score (nSPS) is 12.0. The van der Waals surface area contributed by atoms with E-state index in [4.69, 9.17) is 0 Å². The van der Waals surface area contributed by atoms with E-state index in [0.29, 0.717) is 11.8 Å². The molecule has 0 saturated heterocycles. The van der Waals surface area contributed by atoms with Crippen LogP contribution in [0.4, 0.5) is 10.5 Å². The summed E-state index contributed by atoms with van der Waals surface area (Å²) >= 11 is 1.84. The van der Waals surface area contributed by atoms with Gasteiger partial charge < -0.3 is 21.3 Å². The van der Waals surface area contributed by atoms with Crippen molar-refractivity contribution in [3.8, 4) is 0 Å². The van der Waals surface area contributed by atoms with Crippen LogP contribution in [0.2, 0.25) is 0 Å². The predicted molar refractivity (Wildman–Crippen MR) is 139 cm³/mol. The average molecular weight is 542 g/mol. The first-order chi connectivity index (χ1) is 14.0. The molecule has 2 aromatic rings. The van der Waals surface area contributed by atoms with Crippen LogP contribution in [0.5, 0.6) is 0 Å². The molecule has 0 bridgehead atoms. The molecule has 0 heterocycles. The van der Waals surface area contributed by atoms with Crippen LogP contribution in [0, 0.1) is 0 Å². The van der Waals surface area contributed by atoms with E-state index in [1.165, 1.54) is 4.90 Å². The summed E-state index contributed by atoms with van der Waals surface area (Å²) in [5.74, 6) is 0.768. The summed E-state index contributed by atoms with van der Waals surface area (Å²) < 4.78 is 0. The second kappa shape index (κ2) is 14.1. The summed E-state index contributed by atoms with van der Waals surface area (Å²) in [5.41, 5.74) is 1.87. The van der Waals surface area contributed by atoms with Crippen molar-refractivity contribution in [1.82, 2.24) is 16.0 Å². The number of aliphatic imine (C=N–C) groups is 1. The van der Waals surface area contributed by atoms with Crippen LogP contribution in [-0.2, 0) is 6.54 Å². The lowest BCUT2D eigenvalue weighted by Crippen LogP contribution is -2.39. The Morgan fingerprint density at radius 1 is 1.00 bits per heavy atom. The highest BCUT2D eigenvalue weighted by Crippen LogP contribution is 2.21. The molecule has 0 spiro atoms. The van der Waals surface area contributed by atoms with Crippen molar-refractivity contribution >= 4 is 53.4 Å². The SMILES string of the molecule is CN=C(NCc1ccc(NC(=O)NC(C)C)cc1)NCC(C)Sc1ccccc1.I. The molecule has 1 unspecified atom stereocenters. The molecule has 0 fully saturated rings. The molecule has 0 aliphatic rings. The third-order valence-corrected chi connectivity index (χ3v) is 5.07. The fourth-order valence-corrected chi connectivity index (χ4v) is 3.50. The minimum absolute atomic E-state index is 0. The predicted octanol–water partition coefficient (Wildman–Crippen LogP) is 4.68. The Bertz CT molecular complexity index is 784. The monoisotopic (exact) mass is 541 g/mol. The van der Waals surface area contributed by atoms with Gasteiger partial charge >= 0.3 is 6.03 Å². The minimum Gasteiger partial charge on any atom is -0.355 e. The zero-order chi connectivity index (χ0) is 21.1. The highest BCUT2D eigenvalue weighted by atomic mass is 127. The summed E-state index contributed by atoms with van der Waals surface area (Å²) in [6.45, 7) is 7.51. The lowest BCUT2D eigenvalue weighted by molar-refractivity contribution is 0.250. The highest BCUT2D eigenvalue weighted by Gasteiger charge is 2.06. The first-order valence-electron chi connectivity index (χ1n) is 9.79. The fourth-order valence-electron chi connectivity index (χ4n) is 2.56. The number of hydrogen-bond donors (Lipinski definition) is 4. The van der Waals surface area contributed by atoms with Gasteiger partial charge in [0.05, 0.1) is 0 Å². The Morgan fingerprint density at radius 2 is 1.67 bits per heavy atom. The van der Waals surface area contributed by atoms with Gasteiger partial charge in [0.1, 0.15) is 0 Å². The molecule has 0 aromatic heterocycles. The van der Waals surface area contributed by atoms with E-state index in [-0.39, 0.29) is 36.0 Å². The number of rotatable bonds is 8. The average Bonchev–Trinajstić information content (AvgIpc) is 2.69. The molecule has 0 radical (unpaired) electrons. The molecule has 30 heavy (non-hydrogen) atoms. The molecule has 1 atom stereocenters. The van der Waals surface area contributed by atoms with Gasteiger partial charge in [-0.15, -0.1) is 35.7 Å². The quantitative estimate of drug-likeness (QED) is 0.170. The number of nitrogens with zero attached hydrogens (tertiary/aromatic N) is 1. The van der Waals surface area contributed by atoms with Crippen LogP contribution < -0.4 is 21.3 Å². The van der Waals surface area contributed by atoms with Crippen LogP contribution in [0.1, 0.15) is 26.3 Å². The maximum atomic E-state index is 11.7. The smallest absolute Gasteiger partial charge is 0.319 e. The number of nitrogens with one attached hydrogen (secondary N) is 4. The van der Waals surface area contributed by atoms with Gasteiger partial charge in [0.25, 0.3) is 0 Å². The van der Waals surface area contributed by atoms with Crippen molar-refractivity contribution in [3.63, 3.8) is 0 Å². The van der Waals surface area contributed by atoms with Crippen LogP contribution in [0.3, 0.4) is 0 Å². The van der Waals surface area contributed by atoms with Crippen LogP contribution >= 0.6 is 35.7 Å². The van der Waals surface area contributed by atoms with Gasteiger partial charge in [0.15, 0.2) is 5.96 Å². The van der Waals surface area contributed by atoms with Crippen molar-refractivity contribution < 1.29 is 4.79 Å². The fraction of sp³-hybridized carbons (Fsp3) is 0.364. The molecule has 0 saturated carbocycles. The Labute approximate surface area is 201 Å². The van der Waals surface area contributed by atoms with E-state index in [2.05, 4.69) is 57.4 Å². The van der Waals surface area contributed by atoms with Gasteiger partial charge in [-0.3, -0.25) is 4.99 Å². The molecule has 2 amide bonds. The number of anilines is 1. The van der Waals surface area contributed by atoms with Crippen molar-refractivity contribution in [2.45, 2.75) is 43.5 Å². The molecule has 4 N–H and O–H groups in total. The molecular formula is C22H32IN5OS. The maximum Gasteiger partial charge on any atom is 0.319 e.